The minimum atomic E-state index is 0.437. The van der Waals surface area contributed by atoms with Crippen molar-refractivity contribution in [2.24, 2.45) is 0 Å². The van der Waals surface area contributed by atoms with Crippen molar-refractivity contribution in [2.45, 2.75) is 0 Å². The van der Waals surface area contributed by atoms with Gasteiger partial charge in [-0.2, -0.15) is 5.26 Å². The molecule has 5 heteroatoms. The lowest BCUT2D eigenvalue weighted by molar-refractivity contribution is 0.924. The molecule has 0 fully saturated rings. The highest BCUT2D eigenvalue weighted by atomic mass is 15.3. The standard InChI is InChI=1S/C8H7N5/c1-10-7-2-3-8-11-5-6(4-9)13(8)12-7/h2-3,5H,1H3,(H,10,12). The third kappa shape index (κ3) is 1.08. The molecule has 0 aromatic carbocycles. The number of nitriles is 1. The number of aromatic nitrogens is 3. The number of rotatable bonds is 1. The monoisotopic (exact) mass is 173 g/mol. The van der Waals surface area contributed by atoms with Gasteiger partial charge in [0.05, 0.1) is 6.20 Å². The summed E-state index contributed by atoms with van der Waals surface area (Å²) in [6.45, 7) is 0. The van der Waals surface area contributed by atoms with E-state index in [0.29, 0.717) is 17.2 Å². The fraction of sp³-hybridized carbons (Fsp3) is 0.125. The molecule has 5 nitrogen and oxygen atoms in total. The maximum atomic E-state index is 8.72. The number of anilines is 1. The van der Waals surface area contributed by atoms with Crippen molar-refractivity contribution in [3.8, 4) is 6.07 Å². The quantitative estimate of drug-likeness (QED) is 0.687. The molecule has 2 rings (SSSR count). The Labute approximate surface area is 74.6 Å². The highest BCUT2D eigenvalue weighted by Crippen LogP contribution is 2.07. The Balaban J connectivity index is 2.73. The molecule has 0 radical (unpaired) electrons. The molecule has 0 unspecified atom stereocenters. The largest absolute Gasteiger partial charge is 0.372 e. The highest BCUT2D eigenvalue weighted by Gasteiger charge is 2.02. The first-order valence-electron chi connectivity index (χ1n) is 3.78. The van der Waals surface area contributed by atoms with Gasteiger partial charge in [-0.3, -0.25) is 0 Å². The molecular formula is C8H7N5. The first kappa shape index (κ1) is 7.55. The number of fused-ring (bicyclic) bond motifs is 1. The van der Waals surface area contributed by atoms with Crippen LogP contribution in [0.15, 0.2) is 18.3 Å². The molecule has 0 saturated carbocycles. The van der Waals surface area contributed by atoms with E-state index < -0.39 is 0 Å². The van der Waals surface area contributed by atoms with Crippen molar-refractivity contribution in [2.75, 3.05) is 12.4 Å². The van der Waals surface area contributed by atoms with Gasteiger partial charge < -0.3 is 5.32 Å². The van der Waals surface area contributed by atoms with Crippen LogP contribution in [0.25, 0.3) is 5.65 Å². The fourth-order valence-electron chi connectivity index (χ4n) is 1.08. The SMILES string of the molecule is CNc1ccc2ncc(C#N)n2n1. The Bertz CT molecular complexity index is 479. The van der Waals surface area contributed by atoms with E-state index >= 15 is 0 Å². The van der Waals surface area contributed by atoms with Crippen LogP contribution in [0.3, 0.4) is 0 Å². The molecular weight excluding hydrogens is 166 g/mol. The zero-order chi connectivity index (χ0) is 9.26. The van der Waals surface area contributed by atoms with E-state index in [1.54, 1.807) is 13.1 Å². The molecule has 0 spiro atoms. The van der Waals surface area contributed by atoms with Crippen LogP contribution in [-0.2, 0) is 0 Å². The van der Waals surface area contributed by atoms with Crippen molar-refractivity contribution in [3.63, 3.8) is 0 Å². The van der Waals surface area contributed by atoms with Crippen LogP contribution in [0, 0.1) is 11.3 Å². The van der Waals surface area contributed by atoms with Crippen LogP contribution in [0.1, 0.15) is 5.69 Å². The third-order valence-electron chi connectivity index (χ3n) is 1.73. The van der Waals surface area contributed by atoms with Crippen LogP contribution >= 0.6 is 0 Å². The van der Waals surface area contributed by atoms with E-state index in [-0.39, 0.29) is 0 Å². The van der Waals surface area contributed by atoms with Gasteiger partial charge in [0.2, 0.25) is 0 Å². The van der Waals surface area contributed by atoms with Crippen LogP contribution in [-0.4, -0.2) is 21.6 Å². The van der Waals surface area contributed by atoms with Crippen molar-refractivity contribution in [1.29, 1.82) is 5.26 Å². The molecule has 2 aromatic heterocycles. The number of nitrogens with one attached hydrogen (secondary N) is 1. The van der Waals surface area contributed by atoms with E-state index in [1.165, 1.54) is 10.7 Å². The summed E-state index contributed by atoms with van der Waals surface area (Å²) in [7, 11) is 1.77. The van der Waals surface area contributed by atoms with Gasteiger partial charge in [-0.05, 0) is 12.1 Å². The van der Waals surface area contributed by atoms with Gasteiger partial charge >= 0.3 is 0 Å². The van der Waals surface area contributed by atoms with Crippen LogP contribution < -0.4 is 5.32 Å². The first-order valence-corrected chi connectivity index (χ1v) is 3.78. The summed E-state index contributed by atoms with van der Waals surface area (Å²) in [6, 6.07) is 5.63. The van der Waals surface area contributed by atoms with E-state index in [2.05, 4.69) is 15.4 Å². The van der Waals surface area contributed by atoms with Crippen molar-refractivity contribution < 1.29 is 0 Å². The minimum absolute atomic E-state index is 0.437. The number of imidazole rings is 1. The maximum absolute atomic E-state index is 8.72. The molecule has 0 aliphatic heterocycles. The van der Waals surface area contributed by atoms with Crippen molar-refractivity contribution >= 4 is 11.5 Å². The topological polar surface area (TPSA) is 66.0 Å². The third-order valence-corrected chi connectivity index (χ3v) is 1.73. The Morgan fingerprint density at radius 1 is 1.54 bits per heavy atom. The smallest absolute Gasteiger partial charge is 0.162 e. The fourth-order valence-corrected chi connectivity index (χ4v) is 1.08. The van der Waals surface area contributed by atoms with E-state index in [4.69, 9.17) is 5.26 Å². The van der Waals surface area contributed by atoms with Crippen molar-refractivity contribution in [1.82, 2.24) is 14.6 Å². The lowest BCUT2D eigenvalue weighted by Crippen LogP contribution is -1.99. The number of hydrogen-bond donors (Lipinski definition) is 1. The van der Waals surface area contributed by atoms with Gasteiger partial charge in [0.25, 0.3) is 0 Å². The molecule has 13 heavy (non-hydrogen) atoms. The summed E-state index contributed by atoms with van der Waals surface area (Å²) in [5.74, 6) is 0.710. The Morgan fingerprint density at radius 3 is 3.08 bits per heavy atom. The molecule has 0 aliphatic rings. The molecule has 64 valence electrons. The van der Waals surface area contributed by atoms with E-state index in [0.717, 1.165) is 0 Å². The molecule has 1 N–H and O–H groups in total. The normalized spacial score (nSPS) is 9.85. The zero-order valence-corrected chi connectivity index (χ0v) is 7.02. The first-order chi connectivity index (χ1) is 6.35. The summed E-state index contributed by atoms with van der Waals surface area (Å²) in [4.78, 5) is 4.02. The lowest BCUT2D eigenvalue weighted by Gasteiger charge is -1.98. The Morgan fingerprint density at radius 2 is 2.38 bits per heavy atom. The second kappa shape index (κ2) is 2.75. The van der Waals surface area contributed by atoms with Gasteiger partial charge in [-0.25, -0.2) is 9.50 Å². The molecule has 2 heterocycles. The Kier molecular flexibility index (Phi) is 1.60. The predicted molar refractivity (Wildman–Crippen MR) is 47.2 cm³/mol. The summed E-state index contributed by atoms with van der Waals surface area (Å²) in [5, 5.41) is 15.8. The van der Waals surface area contributed by atoms with Gasteiger partial charge in [0.1, 0.15) is 11.9 Å². The molecule has 2 aromatic rings. The molecule has 0 aliphatic carbocycles. The van der Waals surface area contributed by atoms with E-state index in [9.17, 15) is 0 Å². The highest BCUT2D eigenvalue weighted by molar-refractivity contribution is 5.46. The molecule has 0 bridgehead atoms. The lowest BCUT2D eigenvalue weighted by atomic mass is 10.5. The predicted octanol–water partition coefficient (Wildman–Crippen LogP) is 0.643. The van der Waals surface area contributed by atoms with Gasteiger partial charge in [0.15, 0.2) is 11.3 Å². The van der Waals surface area contributed by atoms with Gasteiger partial charge in [0, 0.05) is 7.05 Å². The minimum Gasteiger partial charge on any atom is -0.372 e. The number of hydrogen-bond acceptors (Lipinski definition) is 4. The summed E-state index contributed by atoms with van der Waals surface area (Å²) >= 11 is 0. The van der Waals surface area contributed by atoms with Crippen LogP contribution in [0.2, 0.25) is 0 Å². The second-order valence-electron chi connectivity index (χ2n) is 2.49. The van der Waals surface area contributed by atoms with Crippen LogP contribution in [0.5, 0.6) is 0 Å². The molecule has 0 atom stereocenters. The van der Waals surface area contributed by atoms with Gasteiger partial charge in [-0.1, -0.05) is 0 Å². The number of nitrogens with zero attached hydrogens (tertiary/aromatic N) is 4. The average molecular weight is 173 g/mol. The Hall–Kier alpha value is -2.09. The summed E-state index contributed by atoms with van der Waals surface area (Å²) in [6.07, 6.45) is 1.50. The average Bonchev–Trinajstić information content (AvgIpc) is 2.59. The summed E-state index contributed by atoms with van der Waals surface area (Å²) in [5.41, 5.74) is 1.11. The summed E-state index contributed by atoms with van der Waals surface area (Å²) < 4.78 is 1.51. The molecule has 0 amide bonds. The van der Waals surface area contributed by atoms with E-state index in [1.807, 2.05) is 12.1 Å². The maximum Gasteiger partial charge on any atom is 0.162 e. The van der Waals surface area contributed by atoms with Crippen molar-refractivity contribution in [3.05, 3.63) is 24.0 Å². The van der Waals surface area contributed by atoms with Gasteiger partial charge in [-0.15, -0.1) is 5.10 Å². The van der Waals surface area contributed by atoms with Crippen LogP contribution in [0.4, 0.5) is 5.82 Å². The molecule has 0 saturated heterocycles. The second-order valence-corrected chi connectivity index (χ2v) is 2.49. The zero-order valence-electron chi connectivity index (χ0n) is 7.02.